The van der Waals surface area contributed by atoms with Crippen molar-refractivity contribution in [2.45, 2.75) is 26.8 Å². The van der Waals surface area contributed by atoms with E-state index in [0.717, 1.165) is 4.88 Å². The minimum Gasteiger partial charge on any atom is -0.507 e. The van der Waals surface area contributed by atoms with E-state index in [1.54, 1.807) is 37.3 Å². The maximum Gasteiger partial charge on any atom is 0.301 e. The maximum atomic E-state index is 14.9. The largest absolute Gasteiger partial charge is 0.507 e. The van der Waals surface area contributed by atoms with Crippen LogP contribution in [0.3, 0.4) is 0 Å². The van der Waals surface area contributed by atoms with Crippen LogP contribution >= 0.6 is 11.3 Å². The molecular weight excluding hydrogens is 431 g/mol. The van der Waals surface area contributed by atoms with Gasteiger partial charge in [0, 0.05) is 16.0 Å². The third-order valence-corrected chi connectivity index (χ3v) is 6.38. The lowest BCUT2D eigenvalue weighted by molar-refractivity contribution is -0.132. The molecule has 2 aromatic carbocycles. The average molecular weight is 453 g/mol. The molecule has 0 unspecified atom stereocenters. The van der Waals surface area contributed by atoms with Crippen molar-refractivity contribution >= 4 is 33.9 Å². The second kappa shape index (κ2) is 8.55. The number of rotatable bonds is 5. The number of ether oxygens (including phenoxy) is 1. The van der Waals surface area contributed by atoms with Crippen LogP contribution < -0.4 is 9.64 Å². The molecule has 0 aliphatic carbocycles. The van der Waals surface area contributed by atoms with Crippen LogP contribution in [0, 0.1) is 19.7 Å². The molecule has 0 bridgehead atoms. The number of anilines is 1. The van der Waals surface area contributed by atoms with Gasteiger partial charge in [0.1, 0.15) is 23.4 Å². The number of amides is 1. The zero-order valence-corrected chi connectivity index (χ0v) is 18.6. The summed E-state index contributed by atoms with van der Waals surface area (Å²) in [6.45, 7) is 5.98. The Bertz CT molecular complexity index is 1210. The fourth-order valence-corrected chi connectivity index (χ4v) is 4.55. The van der Waals surface area contributed by atoms with Crippen LogP contribution in [0.25, 0.3) is 5.76 Å². The molecule has 1 N–H and O–H groups in total. The molecule has 32 heavy (non-hydrogen) atoms. The van der Waals surface area contributed by atoms with Gasteiger partial charge in [-0.05, 0) is 51.1 Å². The zero-order valence-electron chi connectivity index (χ0n) is 17.8. The fraction of sp³-hybridized carbons (Fsp3) is 0.208. The second-order valence-corrected chi connectivity index (χ2v) is 8.47. The van der Waals surface area contributed by atoms with Crippen LogP contribution in [0.4, 0.5) is 9.52 Å². The first kappa shape index (κ1) is 21.7. The highest BCUT2D eigenvalue weighted by Crippen LogP contribution is 2.44. The van der Waals surface area contributed by atoms with Gasteiger partial charge in [-0.15, -0.1) is 11.3 Å². The van der Waals surface area contributed by atoms with Gasteiger partial charge >= 0.3 is 5.91 Å². The number of hydrogen-bond acceptors (Lipinski definition) is 6. The summed E-state index contributed by atoms with van der Waals surface area (Å²) in [5, 5.41) is 11.4. The third kappa shape index (κ3) is 3.67. The van der Waals surface area contributed by atoms with Crippen molar-refractivity contribution in [3.8, 4) is 5.75 Å². The van der Waals surface area contributed by atoms with Gasteiger partial charge in [0.05, 0.1) is 17.9 Å². The first-order valence-corrected chi connectivity index (χ1v) is 10.9. The number of hydrogen-bond donors (Lipinski definition) is 1. The van der Waals surface area contributed by atoms with Gasteiger partial charge in [0.25, 0.3) is 5.78 Å². The lowest BCUT2D eigenvalue weighted by Crippen LogP contribution is -2.29. The van der Waals surface area contributed by atoms with Crippen molar-refractivity contribution < 1.29 is 23.8 Å². The van der Waals surface area contributed by atoms with E-state index >= 15 is 0 Å². The minimum absolute atomic E-state index is 0.102. The standard InChI is InChI=1S/C24H21FN2O4S/c1-4-31-16-11-9-15(10-12-16)21(28)19-20(17-7-5-6-8-18(17)25)27(23(30)22(19)29)24-26-13(2)14(3)32-24/h5-12,20,28H,4H2,1-3H3/t20-/m1/s1. The van der Waals surface area contributed by atoms with Crippen molar-refractivity contribution in [2.24, 2.45) is 0 Å². The number of Topliss-reactive ketones (excluding diaryl/α,β-unsaturated/α-hetero) is 1. The van der Waals surface area contributed by atoms with Crippen LogP contribution in [0.1, 0.15) is 34.7 Å². The van der Waals surface area contributed by atoms with E-state index in [-0.39, 0.29) is 22.0 Å². The molecule has 8 heteroatoms. The van der Waals surface area contributed by atoms with E-state index in [1.807, 2.05) is 13.8 Å². The smallest absolute Gasteiger partial charge is 0.301 e. The fourth-order valence-electron chi connectivity index (χ4n) is 3.61. The molecule has 1 aliphatic heterocycles. The molecule has 3 aromatic rings. The first-order chi connectivity index (χ1) is 15.3. The summed E-state index contributed by atoms with van der Waals surface area (Å²) in [6.07, 6.45) is 0. The number of aromatic nitrogens is 1. The lowest BCUT2D eigenvalue weighted by Gasteiger charge is -2.23. The third-order valence-electron chi connectivity index (χ3n) is 5.31. The van der Waals surface area contributed by atoms with Crippen LogP contribution in [-0.4, -0.2) is 28.4 Å². The normalized spacial score (nSPS) is 17.8. The van der Waals surface area contributed by atoms with E-state index < -0.39 is 23.5 Å². The average Bonchev–Trinajstić information content (AvgIpc) is 3.24. The number of benzene rings is 2. The van der Waals surface area contributed by atoms with Crippen LogP contribution in [0.15, 0.2) is 54.1 Å². The summed E-state index contributed by atoms with van der Waals surface area (Å²) in [6, 6.07) is 11.2. The zero-order chi connectivity index (χ0) is 23.0. The number of ketones is 1. The molecule has 2 heterocycles. The Balaban J connectivity index is 1.91. The first-order valence-electron chi connectivity index (χ1n) is 10.1. The van der Waals surface area contributed by atoms with Gasteiger partial charge in [0.2, 0.25) is 0 Å². The van der Waals surface area contributed by atoms with E-state index in [2.05, 4.69) is 4.98 Å². The predicted octanol–water partition coefficient (Wildman–Crippen LogP) is 4.92. The van der Waals surface area contributed by atoms with Crippen molar-refractivity contribution in [3.63, 3.8) is 0 Å². The maximum absolute atomic E-state index is 14.9. The second-order valence-electron chi connectivity index (χ2n) is 7.29. The number of carbonyl (C=O) groups is 2. The minimum atomic E-state index is -1.15. The Morgan fingerprint density at radius 1 is 1.16 bits per heavy atom. The summed E-state index contributed by atoms with van der Waals surface area (Å²) in [7, 11) is 0. The molecule has 0 spiro atoms. The number of carbonyl (C=O) groups excluding carboxylic acids is 2. The highest BCUT2D eigenvalue weighted by atomic mass is 32.1. The van der Waals surface area contributed by atoms with E-state index in [4.69, 9.17) is 4.74 Å². The highest BCUT2D eigenvalue weighted by Gasteiger charge is 2.49. The van der Waals surface area contributed by atoms with Gasteiger partial charge in [-0.25, -0.2) is 9.37 Å². The molecule has 1 aliphatic rings. The van der Waals surface area contributed by atoms with Crippen molar-refractivity contribution in [2.75, 3.05) is 11.5 Å². The lowest BCUT2D eigenvalue weighted by atomic mass is 9.95. The molecule has 1 aromatic heterocycles. The van der Waals surface area contributed by atoms with Crippen molar-refractivity contribution in [3.05, 3.63) is 81.6 Å². The SMILES string of the molecule is CCOc1ccc(C(O)=C2C(=O)C(=O)N(c3nc(C)c(C)s3)[C@@H]2c2ccccc2F)cc1. The molecule has 1 saturated heterocycles. The Morgan fingerprint density at radius 2 is 1.84 bits per heavy atom. The summed E-state index contributed by atoms with van der Waals surface area (Å²) in [4.78, 5) is 32.6. The molecule has 0 saturated carbocycles. The van der Waals surface area contributed by atoms with E-state index in [9.17, 15) is 19.1 Å². The molecule has 4 rings (SSSR count). The molecule has 0 radical (unpaired) electrons. The molecular formula is C24H21FN2O4S. The summed E-state index contributed by atoms with van der Waals surface area (Å²) >= 11 is 1.24. The van der Waals surface area contributed by atoms with Crippen LogP contribution in [0.5, 0.6) is 5.75 Å². The van der Waals surface area contributed by atoms with Gasteiger partial charge in [-0.3, -0.25) is 14.5 Å². The number of aliphatic hydroxyl groups excluding tert-OH is 1. The van der Waals surface area contributed by atoms with E-state index in [1.165, 1.54) is 34.4 Å². The highest BCUT2D eigenvalue weighted by molar-refractivity contribution is 7.16. The molecule has 1 amide bonds. The monoisotopic (exact) mass is 452 g/mol. The molecule has 1 atom stereocenters. The number of nitrogens with zero attached hydrogens (tertiary/aromatic N) is 2. The number of aryl methyl sites for hydroxylation is 2. The Labute approximate surface area is 188 Å². The van der Waals surface area contributed by atoms with Crippen molar-refractivity contribution in [1.29, 1.82) is 0 Å². The summed E-state index contributed by atoms with van der Waals surface area (Å²) in [5.41, 5.74) is 0.949. The van der Waals surface area contributed by atoms with Gasteiger partial charge in [-0.1, -0.05) is 18.2 Å². The van der Waals surface area contributed by atoms with E-state index in [0.29, 0.717) is 23.6 Å². The number of halogens is 1. The number of thiazole rings is 1. The van der Waals surface area contributed by atoms with Crippen molar-refractivity contribution in [1.82, 2.24) is 4.98 Å². The molecule has 1 fully saturated rings. The molecule has 6 nitrogen and oxygen atoms in total. The molecule has 164 valence electrons. The Morgan fingerprint density at radius 3 is 2.44 bits per heavy atom. The van der Waals surface area contributed by atoms with Gasteiger partial charge < -0.3 is 9.84 Å². The van der Waals surface area contributed by atoms with Crippen LogP contribution in [0.2, 0.25) is 0 Å². The topological polar surface area (TPSA) is 79.7 Å². The predicted molar refractivity (Wildman–Crippen MR) is 120 cm³/mol. The number of aliphatic hydroxyl groups is 1. The summed E-state index contributed by atoms with van der Waals surface area (Å²) in [5.74, 6) is -2.13. The van der Waals surface area contributed by atoms with Gasteiger partial charge in [0.15, 0.2) is 5.13 Å². The summed E-state index contributed by atoms with van der Waals surface area (Å²) < 4.78 is 20.3. The van der Waals surface area contributed by atoms with Gasteiger partial charge in [-0.2, -0.15) is 0 Å². The van der Waals surface area contributed by atoms with Crippen LogP contribution in [-0.2, 0) is 9.59 Å². The Hall–Kier alpha value is -3.52. The Kier molecular flexibility index (Phi) is 5.80. The quantitative estimate of drug-likeness (QED) is 0.338.